The molecular weight excluding hydrogens is 288 g/mol. The van der Waals surface area contributed by atoms with Gasteiger partial charge in [0.15, 0.2) is 5.96 Å². The fourth-order valence-electron chi connectivity index (χ4n) is 2.23. The molecular formula is C18H34N4O. The predicted octanol–water partition coefficient (Wildman–Crippen LogP) is 3.85. The molecule has 0 fully saturated rings. The topological polar surface area (TPSA) is 62.5 Å². The molecule has 5 heteroatoms. The predicted molar refractivity (Wildman–Crippen MR) is 96.7 cm³/mol. The number of nitrogens with zero attached hydrogens (tertiary/aromatic N) is 2. The van der Waals surface area contributed by atoms with Gasteiger partial charge in [0.25, 0.3) is 0 Å². The third kappa shape index (κ3) is 7.53. The maximum atomic E-state index is 5.78. The Hall–Kier alpha value is -1.52. The average Bonchev–Trinajstić information content (AvgIpc) is 2.91. The van der Waals surface area contributed by atoms with Crippen molar-refractivity contribution in [3.05, 3.63) is 17.8 Å². The molecule has 0 amide bonds. The van der Waals surface area contributed by atoms with E-state index in [1.807, 2.05) is 6.20 Å². The quantitative estimate of drug-likeness (QED) is 0.591. The second-order valence-electron chi connectivity index (χ2n) is 7.66. The van der Waals surface area contributed by atoms with Gasteiger partial charge in [-0.2, -0.15) is 0 Å². The van der Waals surface area contributed by atoms with E-state index in [4.69, 9.17) is 4.42 Å². The molecule has 1 heterocycles. The fourth-order valence-corrected chi connectivity index (χ4v) is 2.23. The Labute approximate surface area is 141 Å². The van der Waals surface area contributed by atoms with Gasteiger partial charge in [-0.1, -0.05) is 47.5 Å². The van der Waals surface area contributed by atoms with E-state index in [0.29, 0.717) is 18.5 Å². The smallest absolute Gasteiger partial charge is 0.213 e. The number of aromatic nitrogens is 1. The molecule has 5 nitrogen and oxygen atoms in total. The lowest BCUT2D eigenvalue weighted by Crippen LogP contribution is -2.41. The van der Waals surface area contributed by atoms with Crippen LogP contribution in [0.4, 0.5) is 0 Å². The third-order valence-electron chi connectivity index (χ3n) is 3.73. The van der Waals surface area contributed by atoms with Crippen molar-refractivity contribution in [3.8, 4) is 0 Å². The van der Waals surface area contributed by atoms with Crippen molar-refractivity contribution in [1.82, 2.24) is 15.6 Å². The highest BCUT2D eigenvalue weighted by Crippen LogP contribution is 2.22. The van der Waals surface area contributed by atoms with Gasteiger partial charge >= 0.3 is 0 Å². The van der Waals surface area contributed by atoms with Crippen molar-refractivity contribution in [1.29, 1.82) is 0 Å². The van der Waals surface area contributed by atoms with E-state index in [1.54, 1.807) is 7.05 Å². The average molecular weight is 322 g/mol. The van der Waals surface area contributed by atoms with Crippen molar-refractivity contribution in [3.63, 3.8) is 0 Å². The Morgan fingerprint density at radius 1 is 1.26 bits per heavy atom. The molecule has 0 spiro atoms. The molecule has 0 bridgehead atoms. The second kappa shape index (κ2) is 8.94. The summed E-state index contributed by atoms with van der Waals surface area (Å²) in [6.45, 7) is 13.6. The highest BCUT2D eigenvalue weighted by atomic mass is 16.4. The van der Waals surface area contributed by atoms with Gasteiger partial charge < -0.3 is 15.1 Å². The Morgan fingerprint density at radius 2 is 1.96 bits per heavy atom. The van der Waals surface area contributed by atoms with Crippen LogP contribution in [0.25, 0.3) is 0 Å². The Balaban J connectivity index is 2.41. The molecule has 132 valence electrons. The lowest BCUT2D eigenvalue weighted by Gasteiger charge is -2.18. The standard InChI is InChI=1S/C18H34N4O/c1-13(2)9-8-10-14(3)22-17(19-7)21-12-16-20-11-15(23-16)18(4,5)6/h11,13-14H,8-10,12H2,1-7H3,(H2,19,21,22). The molecule has 1 unspecified atom stereocenters. The third-order valence-corrected chi connectivity index (χ3v) is 3.73. The summed E-state index contributed by atoms with van der Waals surface area (Å²) in [6.07, 6.45) is 5.45. The molecule has 0 saturated heterocycles. The molecule has 1 atom stereocenters. The first-order chi connectivity index (χ1) is 10.7. The molecule has 1 rings (SSSR count). The summed E-state index contributed by atoms with van der Waals surface area (Å²) in [5.41, 5.74) is -0.0178. The van der Waals surface area contributed by atoms with Gasteiger partial charge in [0, 0.05) is 18.5 Å². The van der Waals surface area contributed by atoms with E-state index in [2.05, 4.69) is 62.2 Å². The lowest BCUT2D eigenvalue weighted by atomic mass is 9.94. The van der Waals surface area contributed by atoms with Crippen LogP contribution >= 0.6 is 0 Å². The number of nitrogens with one attached hydrogen (secondary N) is 2. The first-order valence-corrected chi connectivity index (χ1v) is 8.64. The number of aliphatic imine (C=N–C) groups is 1. The van der Waals surface area contributed by atoms with Crippen LogP contribution in [0.1, 0.15) is 72.5 Å². The van der Waals surface area contributed by atoms with Crippen molar-refractivity contribution in [2.24, 2.45) is 10.9 Å². The molecule has 0 aromatic carbocycles. The van der Waals surface area contributed by atoms with Crippen LogP contribution in [0.15, 0.2) is 15.6 Å². The van der Waals surface area contributed by atoms with Gasteiger partial charge in [-0.15, -0.1) is 0 Å². The van der Waals surface area contributed by atoms with Crippen LogP contribution in [0.5, 0.6) is 0 Å². The highest BCUT2D eigenvalue weighted by Gasteiger charge is 2.19. The summed E-state index contributed by atoms with van der Waals surface area (Å²) in [4.78, 5) is 8.59. The van der Waals surface area contributed by atoms with E-state index >= 15 is 0 Å². The van der Waals surface area contributed by atoms with Crippen LogP contribution in [-0.2, 0) is 12.0 Å². The zero-order chi connectivity index (χ0) is 17.5. The Morgan fingerprint density at radius 3 is 2.48 bits per heavy atom. The molecule has 0 radical (unpaired) electrons. The van der Waals surface area contributed by atoms with E-state index in [-0.39, 0.29) is 5.41 Å². The van der Waals surface area contributed by atoms with Crippen molar-refractivity contribution in [2.75, 3.05) is 7.05 Å². The van der Waals surface area contributed by atoms with E-state index < -0.39 is 0 Å². The van der Waals surface area contributed by atoms with Crippen LogP contribution in [0.2, 0.25) is 0 Å². The molecule has 0 aliphatic carbocycles. The fraction of sp³-hybridized carbons (Fsp3) is 0.778. The Kier molecular flexibility index (Phi) is 7.59. The van der Waals surface area contributed by atoms with Gasteiger partial charge in [0.2, 0.25) is 5.89 Å². The number of hydrogen-bond donors (Lipinski definition) is 2. The summed E-state index contributed by atoms with van der Waals surface area (Å²) < 4.78 is 5.78. The van der Waals surface area contributed by atoms with E-state index in [1.165, 1.54) is 12.8 Å². The van der Waals surface area contributed by atoms with Gasteiger partial charge in [-0.05, 0) is 19.3 Å². The van der Waals surface area contributed by atoms with E-state index in [0.717, 1.165) is 24.1 Å². The Bertz CT molecular complexity index is 485. The minimum absolute atomic E-state index is 0.0178. The number of rotatable bonds is 7. The molecule has 1 aromatic rings. The van der Waals surface area contributed by atoms with Crippen LogP contribution in [0, 0.1) is 5.92 Å². The summed E-state index contributed by atoms with van der Waals surface area (Å²) in [7, 11) is 1.78. The van der Waals surface area contributed by atoms with Gasteiger partial charge in [-0.25, -0.2) is 4.98 Å². The normalized spacial score (nSPS) is 14.2. The molecule has 2 N–H and O–H groups in total. The van der Waals surface area contributed by atoms with Gasteiger partial charge in [0.1, 0.15) is 5.76 Å². The maximum Gasteiger partial charge on any atom is 0.213 e. The molecule has 23 heavy (non-hydrogen) atoms. The number of hydrogen-bond acceptors (Lipinski definition) is 3. The van der Waals surface area contributed by atoms with Crippen molar-refractivity contribution >= 4 is 5.96 Å². The number of oxazole rings is 1. The number of guanidine groups is 1. The first kappa shape index (κ1) is 19.5. The van der Waals surface area contributed by atoms with Crippen molar-refractivity contribution in [2.45, 2.75) is 78.8 Å². The second-order valence-corrected chi connectivity index (χ2v) is 7.66. The minimum Gasteiger partial charge on any atom is -0.443 e. The van der Waals surface area contributed by atoms with Gasteiger partial charge in [-0.3, -0.25) is 4.99 Å². The van der Waals surface area contributed by atoms with E-state index in [9.17, 15) is 0 Å². The largest absolute Gasteiger partial charge is 0.443 e. The molecule has 0 saturated carbocycles. The summed E-state index contributed by atoms with van der Waals surface area (Å²) in [5, 5.41) is 6.68. The molecule has 1 aromatic heterocycles. The summed E-state index contributed by atoms with van der Waals surface area (Å²) >= 11 is 0. The van der Waals surface area contributed by atoms with Crippen LogP contribution in [-0.4, -0.2) is 24.0 Å². The summed E-state index contributed by atoms with van der Waals surface area (Å²) in [5.74, 6) is 3.14. The zero-order valence-corrected chi connectivity index (χ0v) is 15.9. The maximum absolute atomic E-state index is 5.78. The molecule has 0 aliphatic rings. The SMILES string of the molecule is CN=C(NCc1ncc(C(C)(C)C)o1)NC(C)CCCC(C)C. The van der Waals surface area contributed by atoms with Gasteiger partial charge in [0.05, 0.1) is 12.7 Å². The van der Waals surface area contributed by atoms with Crippen molar-refractivity contribution < 1.29 is 4.42 Å². The monoisotopic (exact) mass is 322 g/mol. The zero-order valence-electron chi connectivity index (χ0n) is 15.9. The molecule has 0 aliphatic heterocycles. The van der Waals surface area contributed by atoms with Crippen LogP contribution < -0.4 is 10.6 Å². The minimum atomic E-state index is -0.0178. The lowest BCUT2D eigenvalue weighted by molar-refractivity contribution is 0.379. The first-order valence-electron chi connectivity index (χ1n) is 8.64. The van der Waals surface area contributed by atoms with Crippen LogP contribution in [0.3, 0.4) is 0 Å². The summed E-state index contributed by atoms with van der Waals surface area (Å²) in [6, 6.07) is 0.398. The highest BCUT2D eigenvalue weighted by molar-refractivity contribution is 5.79.